The van der Waals surface area contributed by atoms with Crippen LogP contribution in [0, 0.1) is 0 Å². The Balaban J connectivity index is 1.63. The summed E-state index contributed by atoms with van der Waals surface area (Å²) in [6.07, 6.45) is -3.13. The number of alkyl halides is 3. The smallest absolute Gasteiger partial charge is 0.422 e. The summed E-state index contributed by atoms with van der Waals surface area (Å²) >= 11 is 0. The summed E-state index contributed by atoms with van der Waals surface area (Å²) in [5.74, 6) is -1.54. The Bertz CT molecular complexity index is 1150. The summed E-state index contributed by atoms with van der Waals surface area (Å²) in [4.78, 5) is 26.7. The summed E-state index contributed by atoms with van der Waals surface area (Å²) in [6.45, 7) is 5.82. The van der Waals surface area contributed by atoms with E-state index in [0.717, 1.165) is 18.4 Å². The van der Waals surface area contributed by atoms with E-state index in [1.54, 1.807) is 32.9 Å². The average molecular weight is 480 g/mol. The number of rotatable bonds is 5. The van der Waals surface area contributed by atoms with Crippen molar-refractivity contribution < 1.29 is 37.5 Å². The van der Waals surface area contributed by atoms with Gasteiger partial charge in [-0.2, -0.15) is 13.2 Å². The molecule has 2 aromatic rings. The Morgan fingerprint density at radius 1 is 1.18 bits per heavy atom. The molecule has 0 saturated heterocycles. The van der Waals surface area contributed by atoms with E-state index in [9.17, 15) is 33.0 Å². The van der Waals surface area contributed by atoms with Crippen LogP contribution < -0.4 is 0 Å². The number of aromatic carboxylic acids is 1. The molecular formula is C24H27F3N2O5. The van der Waals surface area contributed by atoms with Crippen LogP contribution in [0.1, 0.15) is 90.9 Å². The third-order valence-corrected chi connectivity index (χ3v) is 6.98. The summed E-state index contributed by atoms with van der Waals surface area (Å²) in [7, 11) is 0. The van der Waals surface area contributed by atoms with E-state index in [1.165, 1.54) is 11.0 Å². The molecule has 34 heavy (non-hydrogen) atoms. The zero-order valence-electron chi connectivity index (χ0n) is 19.4. The van der Waals surface area contributed by atoms with E-state index in [0.29, 0.717) is 12.5 Å². The van der Waals surface area contributed by atoms with Crippen LogP contribution in [0.5, 0.6) is 0 Å². The highest BCUT2D eigenvalue weighted by Gasteiger charge is 2.55. The molecule has 2 N–H and O–H groups in total. The van der Waals surface area contributed by atoms with Crippen molar-refractivity contribution in [3.63, 3.8) is 0 Å². The maximum Gasteiger partial charge on any atom is 0.422 e. The Labute approximate surface area is 194 Å². The van der Waals surface area contributed by atoms with Gasteiger partial charge in [-0.25, -0.2) is 4.79 Å². The number of hydrogen-bond donors (Lipinski definition) is 2. The first-order valence-electron chi connectivity index (χ1n) is 11.1. The molecule has 1 aromatic carbocycles. The molecule has 10 heteroatoms. The molecular weight excluding hydrogens is 453 g/mol. The first-order chi connectivity index (χ1) is 15.7. The number of amides is 1. The van der Waals surface area contributed by atoms with Crippen molar-refractivity contribution in [1.29, 1.82) is 0 Å². The lowest BCUT2D eigenvalue weighted by Gasteiger charge is -2.37. The van der Waals surface area contributed by atoms with Crippen molar-refractivity contribution in [3.8, 4) is 0 Å². The molecule has 2 heterocycles. The third kappa shape index (κ3) is 3.87. The zero-order valence-corrected chi connectivity index (χ0v) is 19.4. The van der Waals surface area contributed by atoms with Gasteiger partial charge in [-0.3, -0.25) is 4.79 Å². The van der Waals surface area contributed by atoms with E-state index in [-0.39, 0.29) is 41.8 Å². The minimum Gasteiger partial charge on any atom is -0.478 e. The van der Waals surface area contributed by atoms with Crippen LogP contribution in [0.3, 0.4) is 0 Å². The molecule has 1 aliphatic carbocycles. The average Bonchev–Trinajstić information content (AvgIpc) is 3.49. The number of hydrogen-bond acceptors (Lipinski definition) is 5. The second-order valence-corrected chi connectivity index (χ2v) is 10.0. The molecule has 4 rings (SSSR count). The number of halogens is 3. The van der Waals surface area contributed by atoms with Crippen molar-refractivity contribution in [1.82, 2.24) is 10.1 Å². The van der Waals surface area contributed by atoms with Gasteiger partial charge in [0, 0.05) is 18.0 Å². The van der Waals surface area contributed by atoms with Crippen LogP contribution in [0.4, 0.5) is 13.2 Å². The minimum atomic E-state index is -4.94. The Hall–Kier alpha value is -2.88. The van der Waals surface area contributed by atoms with Gasteiger partial charge in [0.2, 0.25) is 11.5 Å². The summed E-state index contributed by atoms with van der Waals surface area (Å²) < 4.78 is 45.3. The highest BCUT2D eigenvalue weighted by molar-refractivity contribution is 5.91. The normalized spacial score (nSPS) is 20.6. The predicted octanol–water partition coefficient (Wildman–Crippen LogP) is 4.44. The maximum absolute atomic E-state index is 13.6. The van der Waals surface area contributed by atoms with Crippen molar-refractivity contribution in [2.24, 2.45) is 0 Å². The van der Waals surface area contributed by atoms with Crippen LogP contribution in [0.15, 0.2) is 22.7 Å². The SMILES string of the molecule is C[C@H]1CN(C(=O)C(C)(C)c2ccc(C(=O)O)c(C3CC3)c2)Cc2onc(C(C)(O)C(F)(F)F)c21. The molecule has 184 valence electrons. The van der Waals surface area contributed by atoms with E-state index in [4.69, 9.17) is 4.52 Å². The van der Waals surface area contributed by atoms with E-state index in [1.807, 2.05) is 0 Å². The molecule has 0 spiro atoms. The molecule has 1 unspecified atom stereocenters. The number of nitrogens with zero attached hydrogens (tertiary/aromatic N) is 2. The van der Waals surface area contributed by atoms with Gasteiger partial charge in [0.25, 0.3) is 0 Å². The number of benzene rings is 1. The van der Waals surface area contributed by atoms with E-state index < -0.39 is 34.8 Å². The number of fused-ring (bicyclic) bond motifs is 1. The summed E-state index contributed by atoms with van der Waals surface area (Å²) in [5, 5.41) is 23.1. The first-order valence-corrected chi connectivity index (χ1v) is 11.1. The number of carboxylic acid groups (broad SMARTS) is 1. The lowest BCUT2D eigenvalue weighted by molar-refractivity contribution is -0.261. The number of carboxylic acids is 1. The van der Waals surface area contributed by atoms with Gasteiger partial charge in [-0.1, -0.05) is 24.2 Å². The van der Waals surface area contributed by atoms with E-state index in [2.05, 4.69) is 5.16 Å². The molecule has 1 saturated carbocycles. The Morgan fingerprint density at radius 2 is 1.82 bits per heavy atom. The molecule has 1 amide bonds. The standard InChI is InChI=1S/C24H27F3N2O5/c1-12-10-29(11-17-18(12)19(28-34-17)23(4,33)24(25,26)27)21(32)22(2,3)14-7-8-15(20(30)31)16(9-14)13-5-6-13/h7-9,12-13,33H,5-6,10-11H2,1-4H3,(H,30,31)/t12-,23?/m0/s1. The fourth-order valence-electron chi connectivity index (χ4n) is 4.65. The van der Waals surface area contributed by atoms with Crippen molar-refractivity contribution in [2.75, 3.05) is 6.54 Å². The van der Waals surface area contributed by atoms with Crippen molar-refractivity contribution >= 4 is 11.9 Å². The zero-order chi connectivity index (χ0) is 25.2. The third-order valence-electron chi connectivity index (χ3n) is 6.98. The monoisotopic (exact) mass is 480 g/mol. The lowest BCUT2D eigenvalue weighted by atomic mass is 9.80. The summed E-state index contributed by atoms with van der Waals surface area (Å²) in [6, 6.07) is 4.95. The molecule has 2 atom stereocenters. The highest BCUT2D eigenvalue weighted by atomic mass is 19.4. The molecule has 0 bridgehead atoms. The van der Waals surface area contributed by atoms with Crippen LogP contribution in [-0.4, -0.2) is 44.9 Å². The summed E-state index contributed by atoms with van der Waals surface area (Å²) in [5.41, 5.74) is -2.97. The van der Waals surface area contributed by atoms with Gasteiger partial charge in [0.05, 0.1) is 17.5 Å². The maximum atomic E-state index is 13.6. The van der Waals surface area contributed by atoms with Gasteiger partial charge in [0.1, 0.15) is 5.69 Å². The van der Waals surface area contributed by atoms with E-state index >= 15 is 0 Å². The second kappa shape index (κ2) is 7.83. The number of carbonyl (C=O) groups is 2. The quantitative estimate of drug-likeness (QED) is 0.656. The lowest BCUT2D eigenvalue weighted by Crippen LogP contribution is -2.47. The highest BCUT2D eigenvalue weighted by Crippen LogP contribution is 2.45. The Morgan fingerprint density at radius 3 is 2.38 bits per heavy atom. The number of aliphatic hydroxyl groups is 1. The largest absolute Gasteiger partial charge is 0.478 e. The second-order valence-electron chi connectivity index (χ2n) is 10.0. The number of carbonyl (C=O) groups excluding carboxylic acids is 1. The molecule has 0 radical (unpaired) electrons. The van der Waals surface area contributed by atoms with Crippen LogP contribution in [0.25, 0.3) is 0 Å². The Kier molecular flexibility index (Phi) is 5.58. The number of aromatic nitrogens is 1. The van der Waals surface area contributed by atoms with Crippen LogP contribution in [-0.2, 0) is 22.4 Å². The van der Waals surface area contributed by atoms with Gasteiger partial charge >= 0.3 is 12.1 Å². The van der Waals surface area contributed by atoms with Gasteiger partial charge in [-0.15, -0.1) is 0 Å². The first kappa shape index (κ1) is 24.3. The topological polar surface area (TPSA) is 104 Å². The van der Waals surface area contributed by atoms with Crippen LogP contribution >= 0.6 is 0 Å². The van der Waals surface area contributed by atoms with Crippen molar-refractivity contribution in [2.45, 2.75) is 76.1 Å². The fourth-order valence-corrected chi connectivity index (χ4v) is 4.65. The van der Waals surface area contributed by atoms with Gasteiger partial charge in [-0.05, 0) is 56.7 Å². The molecule has 1 fully saturated rings. The van der Waals surface area contributed by atoms with Gasteiger partial charge in [0.15, 0.2) is 5.76 Å². The van der Waals surface area contributed by atoms with Crippen LogP contribution in [0.2, 0.25) is 0 Å². The molecule has 2 aliphatic rings. The molecule has 7 nitrogen and oxygen atoms in total. The minimum absolute atomic E-state index is 0.0778. The molecule has 1 aromatic heterocycles. The predicted molar refractivity (Wildman–Crippen MR) is 114 cm³/mol. The molecule has 1 aliphatic heterocycles. The fraction of sp³-hybridized carbons (Fsp3) is 0.542. The van der Waals surface area contributed by atoms with Crippen molar-refractivity contribution in [3.05, 3.63) is 51.9 Å². The van der Waals surface area contributed by atoms with Gasteiger partial charge < -0.3 is 19.6 Å².